The second-order valence-electron chi connectivity index (χ2n) is 2.00. The fraction of sp³-hybridized carbons (Fsp3) is 1.00. The van der Waals surface area contributed by atoms with Crippen LogP contribution in [0.3, 0.4) is 0 Å². The molecule has 0 heterocycles. The lowest BCUT2D eigenvalue weighted by Crippen LogP contribution is -2.27. The Hall–Kier alpha value is 0.260. The first-order chi connectivity index (χ1) is 3.81. The molecule has 56 valence electrons. The summed E-state index contributed by atoms with van der Waals surface area (Å²) in [4.78, 5) is 0. The van der Waals surface area contributed by atoms with Gasteiger partial charge in [-0.25, -0.2) is 0 Å². The molecule has 1 unspecified atom stereocenters. The van der Waals surface area contributed by atoms with E-state index < -0.39 is 14.2 Å². The minimum atomic E-state index is -3.99. The molecule has 0 aromatic heterocycles. The standard InChI is InChI=1S/C4H10O3S2/c1-3-4(2,8)9(5,6)7/h8H,3H2,1-2H3,(H,5,6,7). The molecule has 0 bridgehead atoms. The van der Waals surface area contributed by atoms with E-state index in [4.69, 9.17) is 4.55 Å². The van der Waals surface area contributed by atoms with Crippen molar-refractivity contribution in [1.29, 1.82) is 0 Å². The zero-order valence-corrected chi connectivity index (χ0v) is 7.04. The fourth-order valence-corrected chi connectivity index (χ4v) is 0.547. The maximum Gasteiger partial charge on any atom is 0.279 e. The number of hydrogen-bond acceptors (Lipinski definition) is 3. The fourth-order valence-electron chi connectivity index (χ4n) is 0.182. The van der Waals surface area contributed by atoms with Crippen LogP contribution in [0.1, 0.15) is 20.3 Å². The summed E-state index contributed by atoms with van der Waals surface area (Å²) in [5.41, 5.74) is 0. The van der Waals surface area contributed by atoms with Gasteiger partial charge in [-0.3, -0.25) is 4.55 Å². The highest BCUT2D eigenvalue weighted by Gasteiger charge is 2.31. The van der Waals surface area contributed by atoms with Crippen molar-refractivity contribution in [2.45, 2.75) is 24.3 Å². The Bertz CT molecular complexity index is 180. The molecule has 3 nitrogen and oxygen atoms in total. The van der Waals surface area contributed by atoms with Crippen LogP contribution in [0.25, 0.3) is 0 Å². The zero-order chi connectivity index (χ0) is 7.71. The lowest BCUT2D eigenvalue weighted by molar-refractivity contribution is 0.462. The van der Waals surface area contributed by atoms with Crippen molar-refractivity contribution in [3.63, 3.8) is 0 Å². The summed E-state index contributed by atoms with van der Waals surface area (Å²) in [5, 5.41) is 0. The van der Waals surface area contributed by atoms with E-state index in [1.165, 1.54) is 6.92 Å². The van der Waals surface area contributed by atoms with Crippen LogP contribution in [0.5, 0.6) is 0 Å². The second kappa shape index (κ2) is 2.48. The highest BCUT2D eigenvalue weighted by molar-refractivity contribution is 8.03. The summed E-state index contributed by atoms with van der Waals surface area (Å²) in [6.07, 6.45) is 0.287. The van der Waals surface area contributed by atoms with E-state index in [0.29, 0.717) is 0 Å². The van der Waals surface area contributed by atoms with Crippen molar-refractivity contribution in [2.75, 3.05) is 0 Å². The third kappa shape index (κ3) is 2.15. The molecule has 0 aromatic carbocycles. The number of thiol groups is 1. The van der Waals surface area contributed by atoms with Crippen LogP contribution in [-0.2, 0) is 10.1 Å². The van der Waals surface area contributed by atoms with E-state index >= 15 is 0 Å². The Balaban J connectivity index is 4.56. The summed E-state index contributed by atoms with van der Waals surface area (Å²) in [7, 11) is -3.99. The third-order valence-corrected chi connectivity index (χ3v) is 3.62. The molecule has 0 fully saturated rings. The van der Waals surface area contributed by atoms with Crippen LogP contribution in [0, 0.1) is 0 Å². The summed E-state index contributed by atoms with van der Waals surface area (Å²) in [6, 6.07) is 0. The molecule has 0 spiro atoms. The Kier molecular flexibility index (Phi) is 2.55. The van der Waals surface area contributed by atoms with Gasteiger partial charge in [-0.1, -0.05) is 6.92 Å². The Morgan fingerprint density at radius 1 is 1.67 bits per heavy atom. The van der Waals surface area contributed by atoms with Gasteiger partial charge in [0, 0.05) is 0 Å². The molecule has 0 aliphatic heterocycles. The van der Waals surface area contributed by atoms with Crippen molar-refractivity contribution >= 4 is 22.7 Å². The molecule has 0 aliphatic carbocycles. The average molecular weight is 170 g/mol. The summed E-state index contributed by atoms with van der Waals surface area (Å²) >= 11 is 3.73. The van der Waals surface area contributed by atoms with Gasteiger partial charge in [-0.05, 0) is 13.3 Å². The van der Waals surface area contributed by atoms with Crippen LogP contribution >= 0.6 is 12.6 Å². The van der Waals surface area contributed by atoms with Crippen molar-refractivity contribution in [2.24, 2.45) is 0 Å². The summed E-state index contributed by atoms with van der Waals surface area (Å²) in [5.74, 6) is 0. The van der Waals surface area contributed by atoms with Crippen molar-refractivity contribution in [3.05, 3.63) is 0 Å². The molecule has 0 saturated carbocycles. The van der Waals surface area contributed by atoms with Crippen LogP contribution in [0.15, 0.2) is 0 Å². The first-order valence-corrected chi connectivity index (χ1v) is 4.39. The first kappa shape index (κ1) is 9.26. The largest absolute Gasteiger partial charge is 0.284 e. The van der Waals surface area contributed by atoms with Crippen molar-refractivity contribution in [3.8, 4) is 0 Å². The normalized spacial score (nSPS) is 19.1. The molecule has 0 aliphatic rings. The first-order valence-electron chi connectivity index (χ1n) is 2.50. The van der Waals surface area contributed by atoms with E-state index in [-0.39, 0.29) is 6.42 Å². The average Bonchev–Trinajstić information content (AvgIpc) is 1.64. The van der Waals surface area contributed by atoms with E-state index in [9.17, 15) is 8.42 Å². The molecule has 0 radical (unpaired) electrons. The monoisotopic (exact) mass is 170 g/mol. The molecule has 0 rings (SSSR count). The topological polar surface area (TPSA) is 54.4 Å². The maximum absolute atomic E-state index is 10.4. The highest BCUT2D eigenvalue weighted by Crippen LogP contribution is 2.23. The molecular formula is C4H10O3S2. The van der Waals surface area contributed by atoms with E-state index in [2.05, 4.69) is 12.6 Å². The second-order valence-corrected chi connectivity index (χ2v) is 5.14. The van der Waals surface area contributed by atoms with Gasteiger partial charge < -0.3 is 0 Å². The number of rotatable bonds is 2. The maximum atomic E-state index is 10.4. The molecular weight excluding hydrogens is 160 g/mol. The molecule has 0 saturated heterocycles. The summed E-state index contributed by atoms with van der Waals surface area (Å²) in [6.45, 7) is 2.99. The Labute approximate surface area is 60.6 Å². The molecule has 5 heteroatoms. The molecule has 1 N–H and O–H groups in total. The molecule has 0 aromatic rings. The highest BCUT2D eigenvalue weighted by atomic mass is 32.3. The Morgan fingerprint density at radius 2 is 2.00 bits per heavy atom. The van der Waals surface area contributed by atoms with Gasteiger partial charge >= 0.3 is 0 Å². The van der Waals surface area contributed by atoms with Gasteiger partial charge in [-0.2, -0.15) is 21.0 Å². The van der Waals surface area contributed by atoms with Crippen LogP contribution in [0.2, 0.25) is 0 Å². The SMILES string of the molecule is CCC(C)(S)S(=O)(=O)O. The summed E-state index contributed by atoms with van der Waals surface area (Å²) < 4.78 is 27.9. The van der Waals surface area contributed by atoms with Gasteiger partial charge in [0.2, 0.25) is 0 Å². The molecule has 1 atom stereocenters. The minimum Gasteiger partial charge on any atom is -0.284 e. The van der Waals surface area contributed by atoms with Crippen LogP contribution in [0.4, 0.5) is 0 Å². The van der Waals surface area contributed by atoms with Crippen LogP contribution < -0.4 is 0 Å². The molecule has 0 amide bonds. The predicted octanol–water partition coefficient (Wildman–Crippen LogP) is 0.930. The van der Waals surface area contributed by atoms with Gasteiger partial charge in [0.15, 0.2) is 0 Å². The van der Waals surface area contributed by atoms with Crippen molar-refractivity contribution in [1.82, 2.24) is 0 Å². The zero-order valence-electron chi connectivity index (χ0n) is 5.33. The van der Waals surface area contributed by atoms with Crippen molar-refractivity contribution < 1.29 is 13.0 Å². The number of hydrogen-bond donors (Lipinski definition) is 2. The van der Waals surface area contributed by atoms with Crippen LogP contribution in [-0.4, -0.2) is 17.0 Å². The smallest absolute Gasteiger partial charge is 0.279 e. The van der Waals surface area contributed by atoms with Gasteiger partial charge in [0.1, 0.15) is 4.08 Å². The van der Waals surface area contributed by atoms with Gasteiger partial charge in [-0.15, -0.1) is 0 Å². The lowest BCUT2D eigenvalue weighted by Gasteiger charge is -2.16. The minimum absolute atomic E-state index is 0.287. The Morgan fingerprint density at radius 3 is 2.00 bits per heavy atom. The third-order valence-electron chi connectivity index (χ3n) is 1.21. The lowest BCUT2D eigenvalue weighted by atomic mass is 10.4. The van der Waals surface area contributed by atoms with E-state index in [0.717, 1.165) is 0 Å². The van der Waals surface area contributed by atoms with E-state index in [1.807, 2.05) is 0 Å². The quantitative estimate of drug-likeness (QED) is 0.479. The van der Waals surface area contributed by atoms with Gasteiger partial charge in [0.05, 0.1) is 0 Å². The van der Waals surface area contributed by atoms with E-state index in [1.54, 1.807) is 6.92 Å². The molecule has 9 heavy (non-hydrogen) atoms. The van der Waals surface area contributed by atoms with Gasteiger partial charge in [0.25, 0.3) is 10.1 Å². The predicted molar refractivity (Wildman–Crippen MR) is 39.2 cm³/mol.